The first kappa shape index (κ1) is 30.5. The van der Waals surface area contributed by atoms with Gasteiger partial charge in [0.25, 0.3) is 5.91 Å². The number of rotatable bonds is 5. The van der Waals surface area contributed by atoms with E-state index in [1.165, 1.54) is 22.9 Å². The topological polar surface area (TPSA) is 102 Å². The molecule has 3 heterocycles. The second-order valence-electron chi connectivity index (χ2n) is 13.8. The molecule has 2 aromatic rings. The number of carbonyl (C=O) groups is 3. The molecule has 1 aromatic heterocycles. The molecule has 7 rings (SSSR count). The van der Waals surface area contributed by atoms with Crippen molar-refractivity contribution >= 4 is 35.0 Å². The van der Waals surface area contributed by atoms with Crippen molar-refractivity contribution in [3.05, 3.63) is 57.4 Å². The van der Waals surface area contributed by atoms with Crippen molar-refractivity contribution < 1.29 is 37.4 Å². The van der Waals surface area contributed by atoms with Crippen LogP contribution in [0.4, 0.5) is 13.2 Å². The van der Waals surface area contributed by atoms with Crippen LogP contribution in [0.3, 0.4) is 0 Å². The zero-order chi connectivity index (χ0) is 31.9. The molecule has 0 bridgehead atoms. The van der Waals surface area contributed by atoms with Gasteiger partial charge in [0.05, 0.1) is 45.9 Å². The average Bonchev–Trinajstić information content (AvgIpc) is 3.51. The highest BCUT2D eigenvalue weighted by atomic mass is 35.5. The van der Waals surface area contributed by atoms with E-state index in [1.807, 2.05) is 6.08 Å². The first-order chi connectivity index (χ1) is 21.3. The Labute approximate surface area is 263 Å². The monoisotopic (exact) mass is 645 g/mol. The van der Waals surface area contributed by atoms with Crippen LogP contribution in [0.2, 0.25) is 5.02 Å². The molecule has 2 unspecified atom stereocenters. The second kappa shape index (κ2) is 10.4. The van der Waals surface area contributed by atoms with Crippen molar-refractivity contribution in [3.63, 3.8) is 0 Å². The number of aromatic nitrogens is 2. The number of nitrogens with zero attached hydrogens (tertiary/aromatic N) is 3. The van der Waals surface area contributed by atoms with Gasteiger partial charge in [-0.2, -0.15) is 23.0 Å². The fourth-order valence-electron chi connectivity index (χ4n) is 7.77. The Morgan fingerprint density at radius 2 is 1.87 bits per heavy atom. The minimum absolute atomic E-state index is 0.0231. The van der Waals surface area contributed by atoms with E-state index in [0.717, 1.165) is 24.0 Å². The summed E-state index contributed by atoms with van der Waals surface area (Å²) in [5.41, 5.74) is -1.06. The molecule has 5 aliphatic rings. The van der Waals surface area contributed by atoms with Gasteiger partial charge >= 0.3 is 12.1 Å². The van der Waals surface area contributed by atoms with Gasteiger partial charge in [-0.25, -0.2) is 0 Å². The summed E-state index contributed by atoms with van der Waals surface area (Å²) < 4.78 is 49.9. The number of hydrogen-bond donors (Lipinski definition) is 1. The SMILES string of the molecule is CC1(C(=O)O)CC=C(c2nn(C(=O)c3c(Cl)cccc3C3(C(F)(F)F)CC3)c3c2CCC(C(=O)N2CC4(CCCO4)C2)C3)CC1. The van der Waals surface area contributed by atoms with Crippen LogP contribution in [0.1, 0.15) is 91.2 Å². The summed E-state index contributed by atoms with van der Waals surface area (Å²) in [6.07, 6.45) is 1.22. The first-order valence-corrected chi connectivity index (χ1v) is 16.0. The fourth-order valence-corrected chi connectivity index (χ4v) is 8.02. The molecule has 1 saturated carbocycles. The fraction of sp³-hybridized carbons (Fsp3) is 0.576. The number of aliphatic carboxylic acids is 1. The number of alkyl halides is 3. The van der Waals surface area contributed by atoms with E-state index < -0.39 is 34.8 Å². The molecule has 2 saturated heterocycles. The smallest absolute Gasteiger partial charge is 0.398 e. The van der Waals surface area contributed by atoms with Gasteiger partial charge in [-0.3, -0.25) is 14.4 Å². The predicted octanol–water partition coefficient (Wildman–Crippen LogP) is 5.97. The Hall–Kier alpha value is -3.18. The number of carboxylic acids is 1. The van der Waals surface area contributed by atoms with E-state index in [1.54, 1.807) is 11.8 Å². The third-order valence-electron chi connectivity index (χ3n) is 10.9. The van der Waals surface area contributed by atoms with Gasteiger partial charge in [0.15, 0.2) is 0 Å². The van der Waals surface area contributed by atoms with E-state index in [9.17, 15) is 32.7 Å². The molecular weight excluding hydrogens is 611 g/mol. The van der Waals surface area contributed by atoms with Gasteiger partial charge < -0.3 is 14.7 Å². The van der Waals surface area contributed by atoms with Crippen LogP contribution in [0, 0.1) is 11.3 Å². The maximum Gasteiger partial charge on any atom is 0.398 e. The molecule has 3 aliphatic carbocycles. The number of halogens is 4. The number of carbonyl (C=O) groups excluding carboxylic acids is 2. The van der Waals surface area contributed by atoms with Crippen LogP contribution in [0.5, 0.6) is 0 Å². The number of likely N-dealkylation sites (tertiary alicyclic amines) is 1. The quantitative estimate of drug-likeness (QED) is 0.430. The van der Waals surface area contributed by atoms with Gasteiger partial charge in [0.1, 0.15) is 5.60 Å². The van der Waals surface area contributed by atoms with Crippen molar-refractivity contribution in [2.45, 2.75) is 88.3 Å². The van der Waals surface area contributed by atoms with Crippen molar-refractivity contribution in [1.29, 1.82) is 0 Å². The summed E-state index contributed by atoms with van der Waals surface area (Å²) in [7, 11) is 0. The van der Waals surface area contributed by atoms with Crippen LogP contribution >= 0.6 is 11.6 Å². The number of benzene rings is 1. The van der Waals surface area contributed by atoms with Gasteiger partial charge in [-0.1, -0.05) is 29.8 Å². The van der Waals surface area contributed by atoms with Gasteiger partial charge in [-0.05, 0) is 81.9 Å². The largest absolute Gasteiger partial charge is 0.481 e. The lowest BCUT2D eigenvalue weighted by Crippen LogP contribution is -2.64. The maximum atomic E-state index is 14.3. The third kappa shape index (κ3) is 4.83. The van der Waals surface area contributed by atoms with E-state index >= 15 is 0 Å². The highest BCUT2D eigenvalue weighted by molar-refractivity contribution is 6.34. The minimum atomic E-state index is -4.56. The number of carboxylic acid groups (broad SMARTS) is 1. The van der Waals surface area contributed by atoms with Crippen molar-refractivity contribution in [3.8, 4) is 0 Å². The Kier molecular flexibility index (Phi) is 7.06. The van der Waals surface area contributed by atoms with E-state index in [-0.39, 0.29) is 53.3 Å². The summed E-state index contributed by atoms with van der Waals surface area (Å²) in [5.74, 6) is -2.08. The minimum Gasteiger partial charge on any atom is -0.481 e. The Balaban J connectivity index is 1.27. The lowest BCUT2D eigenvalue weighted by atomic mass is 9.75. The summed E-state index contributed by atoms with van der Waals surface area (Å²) in [6.45, 7) is 3.47. The molecule has 12 heteroatoms. The highest BCUT2D eigenvalue weighted by Gasteiger charge is 2.65. The van der Waals surface area contributed by atoms with Gasteiger partial charge in [0, 0.05) is 24.5 Å². The van der Waals surface area contributed by atoms with E-state index in [0.29, 0.717) is 56.8 Å². The van der Waals surface area contributed by atoms with Crippen molar-refractivity contribution in [1.82, 2.24) is 14.7 Å². The van der Waals surface area contributed by atoms with Crippen LogP contribution in [0.25, 0.3) is 5.57 Å². The molecule has 2 aliphatic heterocycles. The lowest BCUT2D eigenvalue weighted by Gasteiger charge is -2.48. The highest BCUT2D eigenvalue weighted by Crippen LogP contribution is 2.60. The number of amides is 1. The number of ether oxygens (including phenoxy) is 1. The number of hydrogen-bond acceptors (Lipinski definition) is 5. The van der Waals surface area contributed by atoms with E-state index in [4.69, 9.17) is 21.4 Å². The summed E-state index contributed by atoms with van der Waals surface area (Å²) in [5, 5.41) is 14.4. The molecule has 1 aromatic carbocycles. The summed E-state index contributed by atoms with van der Waals surface area (Å²) >= 11 is 6.50. The zero-order valence-corrected chi connectivity index (χ0v) is 25.8. The molecule has 45 heavy (non-hydrogen) atoms. The molecule has 1 amide bonds. The zero-order valence-electron chi connectivity index (χ0n) is 25.0. The van der Waals surface area contributed by atoms with E-state index in [2.05, 4.69) is 0 Å². The van der Waals surface area contributed by atoms with Crippen LogP contribution in [-0.4, -0.2) is 69.0 Å². The lowest BCUT2D eigenvalue weighted by molar-refractivity contribution is -0.162. The standard InChI is InChI=1S/C33H35ClF3N3O5/c1-30(29(43)44)11-8-19(9-12-30)26-21-7-6-20(27(41)39-17-31(18-39)10-3-15-45-31)16-24(21)40(38-26)28(42)25-22(4-2-5-23(25)34)32(13-14-32)33(35,36)37/h2,4-5,8,20H,3,6-7,9-18H2,1H3,(H,43,44). The van der Waals surface area contributed by atoms with Crippen LogP contribution in [0.15, 0.2) is 24.3 Å². The molecule has 2 atom stereocenters. The molecule has 1 spiro atoms. The number of allylic oxidation sites excluding steroid dienone is 2. The predicted molar refractivity (Wildman–Crippen MR) is 158 cm³/mol. The average molecular weight is 646 g/mol. The Bertz CT molecular complexity index is 1630. The van der Waals surface area contributed by atoms with Crippen molar-refractivity contribution in [2.24, 2.45) is 11.3 Å². The van der Waals surface area contributed by atoms with Gasteiger partial charge in [0.2, 0.25) is 5.91 Å². The summed E-state index contributed by atoms with van der Waals surface area (Å²) in [4.78, 5) is 41.6. The maximum absolute atomic E-state index is 14.3. The van der Waals surface area contributed by atoms with Crippen molar-refractivity contribution in [2.75, 3.05) is 19.7 Å². The van der Waals surface area contributed by atoms with Crippen LogP contribution < -0.4 is 0 Å². The Morgan fingerprint density at radius 3 is 2.47 bits per heavy atom. The Morgan fingerprint density at radius 1 is 1.11 bits per heavy atom. The molecule has 0 radical (unpaired) electrons. The first-order valence-electron chi connectivity index (χ1n) is 15.6. The summed E-state index contributed by atoms with van der Waals surface area (Å²) in [6, 6.07) is 4.16. The van der Waals surface area contributed by atoms with Crippen LogP contribution in [-0.2, 0) is 32.6 Å². The normalized spacial score (nSPS) is 26.6. The molecule has 240 valence electrons. The third-order valence-corrected chi connectivity index (χ3v) is 11.2. The molecule has 1 N–H and O–H groups in total. The molecule has 3 fully saturated rings. The molecule has 8 nitrogen and oxygen atoms in total. The van der Waals surface area contributed by atoms with Gasteiger partial charge in [-0.15, -0.1) is 0 Å². The second-order valence-corrected chi connectivity index (χ2v) is 14.2. The molecular formula is C33H35ClF3N3O5. The number of fused-ring (bicyclic) bond motifs is 1.